The lowest BCUT2D eigenvalue weighted by Crippen LogP contribution is -2.16. The van der Waals surface area contributed by atoms with Gasteiger partial charge in [0.05, 0.1) is 24.5 Å². The van der Waals surface area contributed by atoms with Gasteiger partial charge in [0.25, 0.3) is 0 Å². The fourth-order valence-corrected chi connectivity index (χ4v) is 4.58. The minimum absolute atomic E-state index is 0.131. The van der Waals surface area contributed by atoms with Crippen molar-refractivity contribution in [2.45, 2.75) is 45.4 Å². The first-order chi connectivity index (χ1) is 13.6. The van der Waals surface area contributed by atoms with Crippen LogP contribution in [0.3, 0.4) is 0 Å². The number of fused-ring (bicyclic) bond motifs is 1. The lowest BCUT2D eigenvalue weighted by atomic mass is 9.95. The molecule has 0 aliphatic heterocycles. The average Bonchev–Trinajstić information content (AvgIpc) is 3.04. The SMILES string of the molecule is CCOC(=O)c1c(NC(=O)CCCOc2ccccc2N)sc2c1CCCC2. The van der Waals surface area contributed by atoms with E-state index < -0.39 is 0 Å². The van der Waals surface area contributed by atoms with E-state index in [1.165, 1.54) is 16.2 Å². The van der Waals surface area contributed by atoms with Crippen LogP contribution in [0.2, 0.25) is 0 Å². The first-order valence-corrected chi connectivity index (χ1v) is 10.5. The Morgan fingerprint density at radius 1 is 1.21 bits per heavy atom. The molecule has 28 heavy (non-hydrogen) atoms. The van der Waals surface area contributed by atoms with E-state index in [0.29, 0.717) is 48.1 Å². The van der Waals surface area contributed by atoms with Crippen molar-refractivity contribution in [1.29, 1.82) is 0 Å². The Morgan fingerprint density at radius 2 is 2.00 bits per heavy atom. The summed E-state index contributed by atoms with van der Waals surface area (Å²) in [7, 11) is 0. The largest absolute Gasteiger partial charge is 0.491 e. The minimum Gasteiger partial charge on any atom is -0.491 e. The summed E-state index contributed by atoms with van der Waals surface area (Å²) in [6.45, 7) is 2.50. The molecule has 2 aromatic rings. The van der Waals surface area contributed by atoms with Gasteiger partial charge in [-0.15, -0.1) is 11.3 Å². The van der Waals surface area contributed by atoms with Crippen molar-refractivity contribution in [3.05, 3.63) is 40.3 Å². The standard InChI is InChI=1S/C21H26N2O4S/c1-2-26-21(25)19-14-8-3-6-11-17(14)28-20(19)23-18(24)12-7-13-27-16-10-5-4-9-15(16)22/h4-5,9-10H,2-3,6-8,11-13,22H2,1H3,(H,23,24). The Kier molecular flexibility index (Phi) is 6.92. The third-order valence-corrected chi connectivity index (χ3v) is 5.84. The van der Waals surface area contributed by atoms with E-state index in [9.17, 15) is 9.59 Å². The number of carbonyl (C=O) groups is 2. The summed E-state index contributed by atoms with van der Waals surface area (Å²) in [5, 5.41) is 3.53. The number of nitrogen functional groups attached to an aromatic ring is 1. The molecule has 7 heteroatoms. The van der Waals surface area contributed by atoms with E-state index in [1.54, 1.807) is 19.1 Å². The van der Waals surface area contributed by atoms with Gasteiger partial charge >= 0.3 is 5.97 Å². The molecule has 0 spiro atoms. The Bertz CT molecular complexity index is 847. The number of esters is 1. The highest BCUT2D eigenvalue weighted by Crippen LogP contribution is 2.38. The number of ether oxygens (including phenoxy) is 2. The second-order valence-electron chi connectivity index (χ2n) is 6.67. The number of para-hydroxylation sites is 2. The summed E-state index contributed by atoms with van der Waals surface area (Å²) in [5.41, 5.74) is 8.01. The molecule has 0 saturated carbocycles. The lowest BCUT2D eigenvalue weighted by molar-refractivity contribution is -0.116. The summed E-state index contributed by atoms with van der Waals surface area (Å²) < 4.78 is 10.8. The van der Waals surface area contributed by atoms with Gasteiger partial charge in [0, 0.05) is 11.3 Å². The predicted molar refractivity (Wildman–Crippen MR) is 111 cm³/mol. The van der Waals surface area contributed by atoms with Gasteiger partial charge in [-0.25, -0.2) is 4.79 Å². The molecule has 0 unspecified atom stereocenters. The maximum atomic E-state index is 12.4. The number of anilines is 2. The number of hydrogen-bond acceptors (Lipinski definition) is 6. The van der Waals surface area contributed by atoms with Crippen LogP contribution in [0.5, 0.6) is 5.75 Å². The maximum absolute atomic E-state index is 12.4. The first kappa shape index (κ1) is 20.2. The van der Waals surface area contributed by atoms with Gasteiger partial charge < -0.3 is 20.5 Å². The highest BCUT2D eigenvalue weighted by Gasteiger charge is 2.27. The second kappa shape index (κ2) is 9.59. The lowest BCUT2D eigenvalue weighted by Gasteiger charge is -2.12. The first-order valence-electron chi connectivity index (χ1n) is 9.69. The number of hydrogen-bond donors (Lipinski definition) is 2. The van der Waals surface area contributed by atoms with Crippen LogP contribution in [-0.4, -0.2) is 25.1 Å². The molecule has 0 radical (unpaired) electrons. The minimum atomic E-state index is -0.347. The molecule has 3 N–H and O–H groups in total. The second-order valence-corrected chi connectivity index (χ2v) is 7.78. The number of thiophene rings is 1. The number of aryl methyl sites for hydroxylation is 1. The summed E-state index contributed by atoms with van der Waals surface area (Å²) in [5.74, 6) is 0.146. The van der Waals surface area contributed by atoms with Crippen molar-refractivity contribution in [1.82, 2.24) is 0 Å². The van der Waals surface area contributed by atoms with E-state index in [0.717, 1.165) is 31.2 Å². The van der Waals surface area contributed by atoms with E-state index in [-0.39, 0.29) is 11.9 Å². The van der Waals surface area contributed by atoms with Gasteiger partial charge in [-0.1, -0.05) is 12.1 Å². The quantitative estimate of drug-likeness (QED) is 0.393. The Labute approximate surface area is 169 Å². The number of benzene rings is 1. The Balaban J connectivity index is 1.58. The molecule has 0 fully saturated rings. The summed E-state index contributed by atoms with van der Waals surface area (Å²) in [4.78, 5) is 26.0. The van der Waals surface area contributed by atoms with Gasteiger partial charge in [0.15, 0.2) is 0 Å². The Morgan fingerprint density at radius 3 is 2.79 bits per heavy atom. The van der Waals surface area contributed by atoms with Crippen LogP contribution in [-0.2, 0) is 22.4 Å². The molecule has 0 saturated heterocycles. The maximum Gasteiger partial charge on any atom is 0.341 e. The fraction of sp³-hybridized carbons (Fsp3) is 0.429. The highest BCUT2D eigenvalue weighted by atomic mass is 32.1. The zero-order valence-corrected chi connectivity index (χ0v) is 16.9. The molecule has 1 aliphatic rings. The third kappa shape index (κ3) is 4.84. The fourth-order valence-electron chi connectivity index (χ4n) is 3.29. The smallest absolute Gasteiger partial charge is 0.341 e. The van der Waals surface area contributed by atoms with Crippen LogP contribution >= 0.6 is 11.3 Å². The number of amides is 1. The molecular weight excluding hydrogens is 376 g/mol. The molecule has 1 heterocycles. The van der Waals surface area contributed by atoms with Gasteiger partial charge in [0.1, 0.15) is 10.8 Å². The van der Waals surface area contributed by atoms with E-state index in [2.05, 4.69) is 5.32 Å². The van der Waals surface area contributed by atoms with Crippen molar-refractivity contribution in [2.75, 3.05) is 24.3 Å². The number of rotatable bonds is 8. The number of nitrogens with two attached hydrogens (primary N) is 1. The number of nitrogens with one attached hydrogen (secondary N) is 1. The molecule has 1 amide bonds. The summed E-state index contributed by atoms with van der Waals surface area (Å²) >= 11 is 1.50. The zero-order chi connectivity index (χ0) is 19.9. The third-order valence-electron chi connectivity index (χ3n) is 4.63. The topological polar surface area (TPSA) is 90.6 Å². The van der Waals surface area contributed by atoms with Crippen LogP contribution < -0.4 is 15.8 Å². The number of carbonyl (C=O) groups excluding carboxylic acids is 2. The zero-order valence-electron chi connectivity index (χ0n) is 16.1. The van der Waals surface area contributed by atoms with Crippen molar-refractivity contribution < 1.29 is 19.1 Å². The molecule has 1 aromatic carbocycles. The Hall–Kier alpha value is -2.54. The highest BCUT2D eigenvalue weighted by molar-refractivity contribution is 7.17. The molecule has 0 bridgehead atoms. The molecule has 150 valence electrons. The van der Waals surface area contributed by atoms with Gasteiger partial charge in [-0.05, 0) is 56.7 Å². The van der Waals surface area contributed by atoms with Crippen molar-refractivity contribution in [3.63, 3.8) is 0 Å². The van der Waals surface area contributed by atoms with Crippen LogP contribution in [0.25, 0.3) is 0 Å². The van der Waals surface area contributed by atoms with Crippen molar-refractivity contribution in [3.8, 4) is 5.75 Å². The van der Waals surface area contributed by atoms with Crippen LogP contribution in [0.4, 0.5) is 10.7 Å². The van der Waals surface area contributed by atoms with Crippen molar-refractivity contribution >= 4 is 33.9 Å². The van der Waals surface area contributed by atoms with E-state index in [4.69, 9.17) is 15.2 Å². The molecular formula is C21H26N2O4S. The van der Waals surface area contributed by atoms with E-state index in [1.807, 2.05) is 12.1 Å². The van der Waals surface area contributed by atoms with Crippen LogP contribution in [0, 0.1) is 0 Å². The van der Waals surface area contributed by atoms with Gasteiger partial charge in [0.2, 0.25) is 5.91 Å². The molecule has 6 nitrogen and oxygen atoms in total. The average molecular weight is 403 g/mol. The van der Waals surface area contributed by atoms with Crippen LogP contribution in [0.1, 0.15) is 53.4 Å². The molecule has 3 rings (SSSR count). The summed E-state index contributed by atoms with van der Waals surface area (Å²) in [6, 6.07) is 7.28. The predicted octanol–water partition coefficient (Wildman–Crippen LogP) is 4.18. The molecule has 0 atom stereocenters. The normalized spacial score (nSPS) is 12.9. The summed E-state index contributed by atoms with van der Waals surface area (Å²) in [6.07, 6.45) is 4.85. The molecule has 1 aromatic heterocycles. The van der Waals surface area contributed by atoms with E-state index >= 15 is 0 Å². The molecule has 1 aliphatic carbocycles. The van der Waals surface area contributed by atoms with Crippen molar-refractivity contribution in [2.24, 2.45) is 0 Å². The van der Waals surface area contributed by atoms with Gasteiger partial charge in [-0.2, -0.15) is 0 Å². The van der Waals surface area contributed by atoms with Gasteiger partial charge in [-0.3, -0.25) is 4.79 Å². The monoisotopic (exact) mass is 402 g/mol. The van der Waals surface area contributed by atoms with Crippen LogP contribution in [0.15, 0.2) is 24.3 Å².